The summed E-state index contributed by atoms with van der Waals surface area (Å²) in [5.74, 6) is 0.122. The topological polar surface area (TPSA) is 49.4 Å². The Balaban J connectivity index is 1.91. The molecule has 1 N–H and O–H groups in total. The van der Waals surface area contributed by atoms with Crippen molar-refractivity contribution in [1.82, 2.24) is 10.2 Å². The first-order chi connectivity index (χ1) is 16.5. The number of thioether (sulfide) groups is 1. The van der Waals surface area contributed by atoms with Crippen LogP contribution in [0.4, 0.5) is 0 Å². The van der Waals surface area contributed by atoms with Crippen molar-refractivity contribution in [1.29, 1.82) is 0 Å². The number of nitrogens with one attached hydrogen (secondary N) is 1. The summed E-state index contributed by atoms with van der Waals surface area (Å²) < 4.78 is 0. The lowest BCUT2D eigenvalue weighted by molar-refractivity contribution is -0.139. The van der Waals surface area contributed by atoms with E-state index in [9.17, 15) is 9.59 Å². The van der Waals surface area contributed by atoms with Crippen LogP contribution in [0.15, 0.2) is 89.8 Å². The summed E-state index contributed by atoms with van der Waals surface area (Å²) in [6.45, 7) is 6.47. The van der Waals surface area contributed by atoms with E-state index in [-0.39, 0.29) is 23.6 Å². The third-order valence-corrected chi connectivity index (χ3v) is 6.81. The minimum absolute atomic E-state index is 0.0420. The van der Waals surface area contributed by atoms with Crippen LogP contribution in [0.25, 0.3) is 0 Å². The number of carbonyl (C=O) groups is 2. The smallest absolute Gasteiger partial charge is 0.243 e. The van der Waals surface area contributed by atoms with Gasteiger partial charge in [0, 0.05) is 23.9 Å². The molecule has 0 aliphatic heterocycles. The summed E-state index contributed by atoms with van der Waals surface area (Å²) in [5, 5.41) is 3.12. The van der Waals surface area contributed by atoms with Gasteiger partial charge in [0.05, 0.1) is 5.75 Å². The van der Waals surface area contributed by atoms with Crippen LogP contribution < -0.4 is 5.32 Å². The zero-order valence-electron chi connectivity index (χ0n) is 20.2. The highest BCUT2D eigenvalue weighted by molar-refractivity contribution is 8.00. The summed E-state index contributed by atoms with van der Waals surface area (Å²) in [4.78, 5) is 29.9. The first-order valence-electron chi connectivity index (χ1n) is 11.8. The molecule has 4 nitrogen and oxygen atoms in total. The van der Waals surface area contributed by atoms with E-state index < -0.39 is 6.04 Å². The fraction of sp³-hybridized carbons (Fsp3) is 0.310. The van der Waals surface area contributed by atoms with Crippen molar-refractivity contribution < 1.29 is 9.59 Å². The molecule has 34 heavy (non-hydrogen) atoms. The number of hydrogen-bond donors (Lipinski definition) is 1. The number of hydrogen-bond acceptors (Lipinski definition) is 3. The number of amides is 2. The van der Waals surface area contributed by atoms with Crippen LogP contribution in [-0.2, 0) is 22.6 Å². The first kappa shape index (κ1) is 25.6. The van der Waals surface area contributed by atoms with E-state index >= 15 is 0 Å². The summed E-state index contributed by atoms with van der Waals surface area (Å²) in [5.41, 5.74) is 3.18. The largest absolute Gasteiger partial charge is 0.352 e. The van der Waals surface area contributed by atoms with Crippen LogP contribution in [-0.4, -0.2) is 34.6 Å². The third-order valence-electron chi connectivity index (χ3n) is 5.81. The van der Waals surface area contributed by atoms with Crippen molar-refractivity contribution in [2.24, 2.45) is 0 Å². The van der Waals surface area contributed by atoms with Gasteiger partial charge in [0.2, 0.25) is 11.8 Å². The Bertz CT molecular complexity index is 1060. The molecule has 2 amide bonds. The minimum atomic E-state index is -0.596. The fourth-order valence-electron chi connectivity index (χ4n) is 3.75. The first-order valence-corrected chi connectivity index (χ1v) is 12.8. The van der Waals surface area contributed by atoms with Gasteiger partial charge in [0.25, 0.3) is 0 Å². The molecule has 0 saturated heterocycles. The minimum Gasteiger partial charge on any atom is -0.352 e. The molecule has 0 spiro atoms. The predicted molar refractivity (Wildman–Crippen MR) is 141 cm³/mol. The maximum Gasteiger partial charge on any atom is 0.243 e. The van der Waals surface area contributed by atoms with Gasteiger partial charge in [-0.05, 0) is 43.5 Å². The Kier molecular flexibility index (Phi) is 9.77. The molecule has 2 atom stereocenters. The molecular weight excluding hydrogens is 440 g/mol. The molecule has 3 aromatic rings. The van der Waals surface area contributed by atoms with E-state index in [0.29, 0.717) is 13.0 Å². The Morgan fingerprint density at radius 1 is 0.912 bits per heavy atom. The number of rotatable bonds is 11. The van der Waals surface area contributed by atoms with Crippen LogP contribution in [0.1, 0.15) is 37.0 Å². The lowest BCUT2D eigenvalue weighted by Crippen LogP contribution is -2.52. The Labute approximate surface area is 207 Å². The molecule has 0 radical (unpaired) electrons. The molecule has 3 rings (SSSR count). The number of carbonyl (C=O) groups excluding carboxylic acids is 2. The van der Waals surface area contributed by atoms with Crippen LogP contribution >= 0.6 is 11.8 Å². The van der Waals surface area contributed by atoms with Gasteiger partial charge in [-0.2, -0.15) is 0 Å². The van der Waals surface area contributed by atoms with Gasteiger partial charge in [-0.3, -0.25) is 9.59 Å². The van der Waals surface area contributed by atoms with Gasteiger partial charge in [-0.25, -0.2) is 0 Å². The molecule has 0 aliphatic rings. The normalized spacial score (nSPS) is 12.6. The zero-order chi connectivity index (χ0) is 24.3. The summed E-state index contributed by atoms with van der Waals surface area (Å²) >= 11 is 1.50. The number of aryl methyl sites for hydroxylation is 1. The lowest BCUT2D eigenvalue weighted by atomic mass is 10.0. The molecule has 0 fully saturated rings. The Morgan fingerprint density at radius 2 is 1.56 bits per heavy atom. The molecule has 0 saturated carbocycles. The molecule has 3 aromatic carbocycles. The van der Waals surface area contributed by atoms with Gasteiger partial charge in [0.15, 0.2) is 0 Å². The van der Waals surface area contributed by atoms with E-state index in [1.54, 1.807) is 4.90 Å². The van der Waals surface area contributed by atoms with Crippen LogP contribution in [0.5, 0.6) is 0 Å². The highest BCUT2D eigenvalue weighted by atomic mass is 32.2. The van der Waals surface area contributed by atoms with E-state index in [2.05, 4.69) is 11.4 Å². The maximum absolute atomic E-state index is 13.6. The molecule has 5 heteroatoms. The second kappa shape index (κ2) is 13.0. The SMILES string of the molecule is CCC(C)NC(=O)C(Cc1ccccc1)N(Cc1cccc(C)c1)C(=O)CSc1ccccc1. The van der Waals surface area contributed by atoms with Gasteiger partial charge < -0.3 is 10.2 Å². The molecule has 0 aliphatic carbocycles. The monoisotopic (exact) mass is 474 g/mol. The number of nitrogens with zero attached hydrogens (tertiary/aromatic N) is 1. The predicted octanol–water partition coefficient (Wildman–Crippen LogP) is 5.64. The molecule has 0 heterocycles. The maximum atomic E-state index is 13.6. The van der Waals surface area contributed by atoms with Crippen molar-refractivity contribution in [3.63, 3.8) is 0 Å². The summed E-state index contributed by atoms with van der Waals surface area (Å²) in [7, 11) is 0. The second-order valence-corrected chi connectivity index (χ2v) is 9.68. The average Bonchev–Trinajstić information content (AvgIpc) is 2.85. The second-order valence-electron chi connectivity index (χ2n) is 8.64. The fourth-order valence-corrected chi connectivity index (χ4v) is 4.55. The molecular formula is C29H34N2O2S. The van der Waals surface area contributed by atoms with E-state index in [4.69, 9.17) is 0 Å². The van der Waals surface area contributed by atoms with Crippen molar-refractivity contribution in [2.45, 2.75) is 57.1 Å². The highest BCUT2D eigenvalue weighted by Crippen LogP contribution is 2.21. The highest BCUT2D eigenvalue weighted by Gasteiger charge is 2.31. The molecule has 178 valence electrons. The van der Waals surface area contributed by atoms with E-state index in [0.717, 1.165) is 28.0 Å². The lowest BCUT2D eigenvalue weighted by Gasteiger charge is -2.32. The van der Waals surface area contributed by atoms with Crippen molar-refractivity contribution in [3.8, 4) is 0 Å². The van der Waals surface area contributed by atoms with Crippen molar-refractivity contribution >= 4 is 23.6 Å². The molecule has 2 unspecified atom stereocenters. The Hall–Kier alpha value is -3.05. The van der Waals surface area contributed by atoms with Crippen molar-refractivity contribution in [2.75, 3.05) is 5.75 Å². The van der Waals surface area contributed by atoms with Gasteiger partial charge in [0.1, 0.15) is 6.04 Å². The van der Waals surface area contributed by atoms with E-state index in [1.165, 1.54) is 11.8 Å². The van der Waals surface area contributed by atoms with Gasteiger partial charge in [-0.1, -0.05) is 85.3 Å². The van der Waals surface area contributed by atoms with Gasteiger partial charge >= 0.3 is 0 Å². The van der Waals surface area contributed by atoms with Crippen LogP contribution in [0.3, 0.4) is 0 Å². The molecule has 0 aromatic heterocycles. The third kappa shape index (κ3) is 7.77. The summed E-state index contributed by atoms with van der Waals surface area (Å²) in [6, 6.07) is 27.4. The van der Waals surface area contributed by atoms with Crippen molar-refractivity contribution in [3.05, 3.63) is 102 Å². The van der Waals surface area contributed by atoms with Crippen LogP contribution in [0, 0.1) is 6.92 Å². The number of benzene rings is 3. The summed E-state index contributed by atoms with van der Waals surface area (Å²) in [6.07, 6.45) is 1.30. The Morgan fingerprint density at radius 3 is 2.21 bits per heavy atom. The van der Waals surface area contributed by atoms with Crippen LogP contribution in [0.2, 0.25) is 0 Å². The van der Waals surface area contributed by atoms with E-state index in [1.807, 2.05) is 99.6 Å². The average molecular weight is 475 g/mol. The molecule has 0 bridgehead atoms. The zero-order valence-corrected chi connectivity index (χ0v) is 21.1. The quantitative estimate of drug-likeness (QED) is 0.366. The van der Waals surface area contributed by atoms with Gasteiger partial charge in [-0.15, -0.1) is 11.8 Å². The standard InChI is InChI=1S/C29H34N2O2S/c1-4-23(3)30-29(33)27(19-24-13-7-5-8-14-24)31(20-25-15-11-12-22(2)18-25)28(32)21-34-26-16-9-6-10-17-26/h5-18,23,27H,4,19-21H2,1-3H3,(H,30,33).